The molecule has 4 N–H and O–H groups in total. The largest absolute Gasteiger partial charge is 0.367 e. The smallest absolute Gasteiger partial charge is 0.239 e. The highest BCUT2D eigenvalue weighted by Crippen LogP contribution is 2.14. The number of aromatic nitrogens is 3. The summed E-state index contributed by atoms with van der Waals surface area (Å²) in [7, 11) is 0. The Hall–Kier alpha value is -1.10. The quantitative estimate of drug-likeness (QED) is 0.609. The molecule has 72 valence electrons. The Kier molecular flexibility index (Phi) is 2.44. The molecule has 1 atom stereocenters. The molecule has 1 aliphatic heterocycles. The minimum absolute atomic E-state index is 0.347. The lowest BCUT2D eigenvalue weighted by atomic mass is 10.0. The van der Waals surface area contributed by atoms with Crippen LogP contribution in [0.15, 0.2) is 0 Å². The monoisotopic (exact) mass is 181 g/mol. The predicted octanol–water partition coefficient (Wildman–Crippen LogP) is -0.0710. The van der Waals surface area contributed by atoms with Crippen LogP contribution in [0.4, 0.5) is 5.95 Å². The van der Waals surface area contributed by atoms with Crippen LogP contribution in [-0.4, -0.2) is 28.3 Å². The maximum Gasteiger partial charge on any atom is 0.239 e. The van der Waals surface area contributed by atoms with Crippen molar-refractivity contribution in [2.24, 2.45) is 5.92 Å². The highest BCUT2D eigenvalue weighted by Gasteiger charge is 2.14. The Labute approximate surface area is 77.1 Å². The van der Waals surface area contributed by atoms with E-state index in [4.69, 9.17) is 5.73 Å². The van der Waals surface area contributed by atoms with Crippen molar-refractivity contribution in [2.45, 2.75) is 19.3 Å². The summed E-state index contributed by atoms with van der Waals surface area (Å²) in [5.41, 5.74) is 5.40. The zero-order chi connectivity index (χ0) is 9.10. The van der Waals surface area contributed by atoms with Crippen molar-refractivity contribution in [2.75, 3.05) is 18.8 Å². The number of anilines is 1. The van der Waals surface area contributed by atoms with Crippen LogP contribution in [0.1, 0.15) is 18.7 Å². The molecule has 2 heterocycles. The maximum atomic E-state index is 5.40. The average molecular weight is 181 g/mol. The Morgan fingerprint density at radius 2 is 2.46 bits per heavy atom. The van der Waals surface area contributed by atoms with E-state index in [9.17, 15) is 0 Å². The molecule has 0 bridgehead atoms. The first-order valence-electron chi connectivity index (χ1n) is 4.72. The van der Waals surface area contributed by atoms with Gasteiger partial charge in [-0.3, -0.25) is 5.10 Å². The first-order chi connectivity index (χ1) is 6.34. The topological polar surface area (TPSA) is 79.6 Å². The van der Waals surface area contributed by atoms with Crippen molar-refractivity contribution in [3.05, 3.63) is 5.82 Å². The zero-order valence-electron chi connectivity index (χ0n) is 7.58. The van der Waals surface area contributed by atoms with E-state index in [-0.39, 0.29) is 0 Å². The molecule has 0 saturated carbocycles. The normalized spacial score (nSPS) is 22.3. The van der Waals surface area contributed by atoms with Gasteiger partial charge in [0.05, 0.1) is 0 Å². The van der Waals surface area contributed by atoms with Gasteiger partial charge in [0.15, 0.2) is 0 Å². The van der Waals surface area contributed by atoms with E-state index in [1.807, 2.05) is 0 Å². The molecular formula is C8H15N5. The summed E-state index contributed by atoms with van der Waals surface area (Å²) in [6.07, 6.45) is 3.40. The fraction of sp³-hybridized carbons (Fsp3) is 0.750. The van der Waals surface area contributed by atoms with Crippen LogP contribution in [0.2, 0.25) is 0 Å². The molecule has 5 nitrogen and oxygen atoms in total. The van der Waals surface area contributed by atoms with Gasteiger partial charge in [0.1, 0.15) is 5.82 Å². The molecule has 1 aromatic heterocycles. The van der Waals surface area contributed by atoms with Crippen molar-refractivity contribution in [3.63, 3.8) is 0 Å². The van der Waals surface area contributed by atoms with Gasteiger partial charge in [0.2, 0.25) is 5.95 Å². The Morgan fingerprint density at radius 3 is 3.08 bits per heavy atom. The molecule has 1 saturated heterocycles. The van der Waals surface area contributed by atoms with E-state index in [0.717, 1.165) is 31.3 Å². The van der Waals surface area contributed by atoms with E-state index >= 15 is 0 Å². The van der Waals surface area contributed by atoms with Crippen LogP contribution in [0.25, 0.3) is 0 Å². The SMILES string of the molecule is Nc1n[nH]c(CCC2CCNC2)n1. The van der Waals surface area contributed by atoms with Crippen molar-refractivity contribution < 1.29 is 0 Å². The Bertz CT molecular complexity index is 263. The number of nitrogens with two attached hydrogens (primary N) is 1. The molecular weight excluding hydrogens is 166 g/mol. The molecule has 13 heavy (non-hydrogen) atoms. The van der Waals surface area contributed by atoms with Crippen molar-refractivity contribution in [1.82, 2.24) is 20.5 Å². The molecule has 1 fully saturated rings. The van der Waals surface area contributed by atoms with E-state index < -0.39 is 0 Å². The number of aromatic amines is 1. The van der Waals surface area contributed by atoms with Gasteiger partial charge in [0, 0.05) is 6.42 Å². The third-order valence-electron chi connectivity index (χ3n) is 2.50. The highest BCUT2D eigenvalue weighted by molar-refractivity contribution is 5.12. The summed E-state index contributed by atoms with van der Waals surface area (Å²) in [6.45, 7) is 2.30. The lowest BCUT2D eigenvalue weighted by Crippen LogP contribution is -2.09. The summed E-state index contributed by atoms with van der Waals surface area (Å²) in [6, 6.07) is 0. The van der Waals surface area contributed by atoms with Gasteiger partial charge >= 0.3 is 0 Å². The van der Waals surface area contributed by atoms with Crippen molar-refractivity contribution in [3.8, 4) is 0 Å². The van der Waals surface area contributed by atoms with E-state index in [2.05, 4.69) is 20.5 Å². The molecule has 0 aliphatic carbocycles. The van der Waals surface area contributed by atoms with Crippen molar-refractivity contribution in [1.29, 1.82) is 0 Å². The number of aryl methyl sites for hydroxylation is 1. The molecule has 0 amide bonds. The van der Waals surface area contributed by atoms with Crippen LogP contribution >= 0.6 is 0 Å². The standard InChI is InChI=1S/C8H15N5/c9-8-11-7(12-13-8)2-1-6-3-4-10-5-6/h6,10H,1-5H2,(H3,9,11,12,13). The minimum Gasteiger partial charge on any atom is -0.367 e. The second-order valence-electron chi connectivity index (χ2n) is 3.54. The van der Waals surface area contributed by atoms with Crippen LogP contribution in [0, 0.1) is 5.92 Å². The van der Waals surface area contributed by atoms with Gasteiger partial charge in [-0.15, -0.1) is 5.10 Å². The third kappa shape index (κ3) is 2.18. The van der Waals surface area contributed by atoms with E-state index in [1.54, 1.807) is 0 Å². The summed E-state index contributed by atoms with van der Waals surface area (Å²) >= 11 is 0. The fourth-order valence-corrected chi connectivity index (χ4v) is 1.72. The van der Waals surface area contributed by atoms with Gasteiger partial charge in [-0.25, -0.2) is 0 Å². The highest BCUT2D eigenvalue weighted by atomic mass is 15.3. The third-order valence-corrected chi connectivity index (χ3v) is 2.50. The first kappa shape index (κ1) is 8.50. The summed E-state index contributed by atoms with van der Waals surface area (Å²) in [5, 5.41) is 9.95. The molecule has 0 radical (unpaired) electrons. The number of nitrogens with zero attached hydrogens (tertiary/aromatic N) is 2. The number of rotatable bonds is 3. The van der Waals surface area contributed by atoms with Crippen LogP contribution in [0.5, 0.6) is 0 Å². The lowest BCUT2D eigenvalue weighted by molar-refractivity contribution is 0.525. The van der Waals surface area contributed by atoms with Gasteiger partial charge in [-0.1, -0.05) is 0 Å². The molecule has 0 aromatic carbocycles. The van der Waals surface area contributed by atoms with E-state index in [0.29, 0.717) is 5.95 Å². The lowest BCUT2D eigenvalue weighted by Gasteiger charge is -2.04. The predicted molar refractivity (Wildman–Crippen MR) is 50.1 cm³/mol. The number of hydrogen-bond acceptors (Lipinski definition) is 4. The van der Waals surface area contributed by atoms with Crippen LogP contribution in [-0.2, 0) is 6.42 Å². The second-order valence-corrected chi connectivity index (χ2v) is 3.54. The molecule has 1 aliphatic rings. The minimum atomic E-state index is 0.347. The van der Waals surface area contributed by atoms with Gasteiger partial charge in [0.25, 0.3) is 0 Å². The number of hydrogen-bond donors (Lipinski definition) is 3. The van der Waals surface area contributed by atoms with Crippen LogP contribution < -0.4 is 11.1 Å². The number of nitrogen functional groups attached to an aromatic ring is 1. The molecule has 5 heteroatoms. The molecule has 1 unspecified atom stereocenters. The summed E-state index contributed by atoms with van der Waals surface area (Å²) < 4.78 is 0. The molecule has 2 rings (SSSR count). The van der Waals surface area contributed by atoms with Crippen LogP contribution in [0.3, 0.4) is 0 Å². The van der Waals surface area contributed by atoms with Gasteiger partial charge in [-0.2, -0.15) is 4.98 Å². The van der Waals surface area contributed by atoms with E-state index in [1.165, 1.54) is 12.8 Å². The summed E-state index contributed by atoms with van der Waals surface area (Å²) in [4.78, 5) is 4.06. The number of nitrogens with one attached hydrogen (secondary N) is 2. The Balaban J connectivity index is 1.78. The summed E-state index contributed by atoms with van der Waals surface area (Å²) in [5.74, 6) is 2.05. The second kappa shape index (κ2) is 3.74. The van der Waals surface area contributed by atoms with Gasteiger partial charge < -0.3 is 11.1 Å². The molecule has 1 aromatic rings. The fourth-order valence-electron chi connectivity index (χ4n) is 1.72. The maximum absolute atomic E-state index is 5.40. The van der Waals surface area contributed by atoms with Gasteiger partial charge in [-0.05, 0) is 31.8 Å². The molecule has 0 spiro atoms. The number of H-pyrrole nitrogens is 1. The van der Waals surface area contributed by atoms with Crippen molar-refractivity contribution >= 4 is 5.95 Å². The average Bonchev–Trinajstić information content (AvgIpc) is 2.71. The Morgan fingerprint density at radius 1 is 1.54 bits per heavy atom. The zero-order valence-corrected chi connectivity index (χ0v) is 7.58. The first-order valence-corrected chi connectivity index (χ1v) is 4.72.